The third-order valence-corrected chi connectivity index (χ3v) is 5.10. The number of rotatable bonds is 4. The van der Waals surface area contributed by atoms with Crippen molar-refractivity contribution in [2.24, 2.45) is 0 Å². The number of nitro groups is 1. The van der Waals surface area contributed by atoms with Gasteiger partial charge in [0.1, 0.15) is 0 Å². The lowest BCUT2D eigenvalue weighted by Gasteiger charge is -2.17. The van der Waals surface area contributed by atoms with Crippen LogP contribution in [-0.2, 0) is 17.8 Å². The van der Waals surface area contributed by atoms with Gasteiger partial charge in [-0.25, -0.2) is 4.98 Å². The van der Waals surface area contributed by atoms with Gasteiger partial charge >= 0.3 is 0 Å². The van der Waals surface area contributed by atoms with Crippen molar-refractivity contribution in [1.29, 1.82) is 0 Å². The van der Waals surface area contributed by atoms with Crippen molar-refractivity contribution >= 4 is 28.2 Å². The van der Waals surface area contributed by atoms with Crippen molar-refractivity contribution in [3.05, 3.63) is 74.3 Å². The molecule has 28 heavy (non-hydrogen) atoms. The monoisotopic (exact) mass is 378 g/mol. The first-order valence-corrected chi connectivity index (χ1v) is 8.98. The highest BCUT2D eigenvalue weighted by atomic mass is 16.6. The van der Waals surface area contributed by atoms with Gasteiger partial charge in [-0.15, -0.1) is 0 Å². The fraction of sp³-hybridized carbons (Fsp3) is 0.250. The van der Waals surface area contributed by atoms with E-state index >= 15 is 0 Å². The Morgan fingerprint density at radius 3 is 2.89 bits per heavy atom. The molecule has 142 valence electrons. The zero-order valence-electron chi connectivity index (χ0n) is 15.3. The minimum atomic E-state index is -0.469. The van der Waals surface area contributed by atoms with Crippen LogP contribution in [0.4, 0.5) is 11.4 Å². The van der Waals surface area contributed by atoms with Crippen LogP contribution in [-0.4, -0.2) is 26.9 Å². The lowest BCUT2D eigenvalue weighted by atomic mass is 10.1. The van der Waals surface area contributed by atoms with E-state index in [4.69, 9.17) is 0 Å². The molecule has 3 aromatic rings. The molecule has 0 aliphatic carbocycles. The number of nitro benzene ring substituents is 1. The van der Waals surface area contributed by atoms with Gasteiger partial charge in [0, 0.05) is 31.6 Å². The van der Waals surface area contributed by atoms with Crippen LogP contribution in [0.3, 0.4) is 0 Å². The third-order valence-electron chi connectivity index (χ3n) is 5.10. The highest BCUT2D eigenvalue weighted by Gasteiger charge is 2.26. The summed E-state index contributed by atoms with van der Waals surface area (Å²) in [7, 11) is 0. The van der Waals surface area contributed by atoms with E-state index in [9.17, 15) is 19.7 Å². The summed E-state index contributed by atoms with van der Waals surface area (Å²) in [6.45, 7) is 2.58. The Labute approximate surface area is 160 Å². The highest BCUT2D eigenvalue weighted by molar-refractivity contribution is 5.95. The molecule has 2 heterocycles. The molecule has 0 unspecified atom stereocenters. The highest BCUT2D eigenvalue weighted by Crippen LogP contribution is 2.32. The second kappa shape index (κ2) is 6.88. The first kappa shape index (κ1) is 17.8. The molecule has 2 aromatic carbocycles. The van der Waals surface area contributed by atoms with Gasteiger partial charge in [-0.3, -0.25) is 24.3 Å². The van der Waals surface area contributed by atoms with Gasteiger partial charge in [0.15, 0.2) is 0 Å². The molecule has 1 aromatic heterocycles. The fourth-order valence-corrected chi connectivity index (χ4v) is 3.59. The Bertz CT molecular complexity index is 1170. The molecule has 0 bridgehead atoms. The molecular weight excluding hydrogens is 360 g/mol. The number of fused-ring (bicyclic) bond motifs is 2. The topological polar surface area (TPSA) is 98.3 Å². The lowest BCUT2D eigenvalue weighted by Crippen LogP contribution is -2.31. The number of hydrogen-bond donors (Lipinski definition) is 0. The van der Waals surface area contributed by atoms with Gasteiger partial charge in [-0.1, -0.05) is 18.2 Å². The summed E-state index contributed by atoms with van der Waals surface area (Å²) in [6.07, 6.45) is 2.24. The zero-order chi connectivity index (χ0) is 19.8. The van der Waals surface area contributed by atoms with Crippen LogP contribution in [0, 0.1) is 17.0 Å². The molecular formula is C20H18N4O4. The van der Waals surface area contributed by atoms with E-state index in [0.717, 1.165) is 11.1 Å². The molecule has 8 heteroatoms. The molecule has 0 fully saturated rings. The van der Waals surface area contributed by atoms with Crippen LogP contribution >= 0.6 is 0 Å². The van der Waals surface area contributed by atoms with Gasteiger partial charge in [-0.2, -0.15) is 0 Å². The van der Waals surface area contributed by atoms with Crippen LogP contribution in [0.5, 0.6) is 0 Å². The molecule has 0 saturated carbocycles. The Morgan fingerprint density at radius 2 is 2.11 bits per heavy atom. The predicted molar refractivity (Wildman–Crippen MR) is 105 cm³/mol. The van der Waals surface area contributed by atoms with Crippen LogP contribution in [0.25, 0.3) is 10.9 Å². The molecule has 1 aliphatic heterocycles. The van der Waals surface area contributed by atoms with Crippen molar-refractivity contribution in [3.63, 3.8) is 0 Å². The van der Waals surface area contributed by atoms with Crippen molar-refractivity contribution in [2.45, 2.75) is 26.3 Å². The van der Waals surface area contributed by atoms with E-state index in [1.807, 2.05) is 19.1 Å². The van der Waals surface area contributed by atoms with Crippen LogP contribution in [0.1, 0.15) is 17.5 Å². The van der Waals surface area contributed by atoms with Gasteiger partial charge in [-0.05, 0) is 30.5 Å². The van der Waals surface area contributed by atoms with E-state index in [2.05, 4.69) is 4.98 Å². The van der Waals surface area contributed by atoms with Gasteiger partial charge < -0.3 is 4.90 Å². The molecule has 0 spiro atoms. The SMILES string of the molecule is Cc1cccc2c(=O)n(CCC(=O)N3CCc4ccc([N+](=O)[O-])cc43)cnc12. The number of aromatic nitrogens is 2. The predicted octanol–water partition coefficient (Wildman–Crippen LogP) is 2.59. The van der Waals surface area contributed by atoms with Crippen molar-refractivity contribution < 1.29 is 9.72 Å². The number of amides is 1. The summed E-state index contributed by atoms with van der Waals surface area (Å²) in [5, 5.41) is 11.5. The van der Waals surface area contributed by atoms with Gasteiger partial charge in [0.25, 0.3) is 11.2 Å². The zero-order valence-corrected chi connectivity index (χ0v) is 15.3. The molecule has 1 aliphatic rings. The maximum absolute atomic E-state index is 12.7. The largest absolute Gasteiger partial charge is 0.312 e. The average molecular weight is 378 g/mol. The number of benzene rings is 2. The van der Waals surface area contributed by atoms with E-state index < -0.39 is 4.92 Å². The molecule has 8 nitrogen and oxygen atoms in total. The van der Waals surface area contributed by atoms with Crippen molar-refractivity contribution in [1.82, 2.24) is 9.55 Å². The molecule has 0 radical (unpaired) electrons. The van der Waals surface area contributed by atoms with E-state index in [1.54, 1.807) is 17.0 Å². The Kier molecular flexibility index (Phi) is 4.38. The van der Waals surface area contributed by atoms with Crippen LogP contribution in [0.15, 0.2) is 47.5 Å². The van der Waals surface area contributed by atoms with E-state index in [0.29, 0.717) is 29.6 Å². The fourth-order valence-electron chi connectivity index (χ4n) is 3.59. The minimum Gasteiger partial charge on any atom is -0.312 e. The molecule has 0 N–H and O–H groups in total. The van der Waals surface area contributed by atoms with Gasteiger partial charge in [0.2, 0.25) is 5.91 Å². The molecule has 0 atom stereocenters. The Morgan fingerprint density at radius 1 is 1.29 bits per heavy atom. The summed E-state index contributed by atoms with van der Waals surface area (Å²) in [5.41, 5.74) is 2.87. The summed E-state index contributed by atoms with van der Waals surface area (Å²) in [5.74, 6) is -0.171. The number of para-hydroxylation sites is 1. The van der Waals surface area contributed by atoms with Gasteiger partial charge in [0.05, 0.1) is 27.8 Å². The maximum atomic E-state index is 12.7. The van der Waals surface area contributed by atoms with Crippen molar-refractivity contribution in [2.75, 3.05) is 11.4 Å². The normalized spacial score (nSPS) is 13.0. The quantitative estimate of drug-likeness (QED) is 0.513. The standard InChI is InChI=1S/C20H18N4O4/c1-13-3-2-4-16-19(13)21-12-22(20(16)26)9-8-18(25)23-10-7-14-5-6-15(24(27)28)11-17(14)23/h2-6,11-12H,7-10H2,1H3. The first-order chi connectivity index (χ1) is 13.5. The maximum Gasteiger partial charge on any atom is 0.271 e. The number of non-ortho nitro benzene ring substituents is 1. The number of anilines is 1. The van der Waals surface area contributed by atoms with Crippen LogP contribution < -0.4 is 10.5 Å². The number of aryl methyl sites for hydroxylation is 2. The van der Waals surface area contributed by atoms with Crippen molar-refractivity contribution in [3.8, 4) is 0 Å². The summed E-state index contributed by atoms with van der Waals surface area (Å²) in [6, 6.07) is 10.0. The second-order valence-corrected chi connectivity index (χ2v) is 6.83. The number of nitrogens with zero attached hydrogens (tertiary/aromatic N) is 4. The van der Waals surface area contributed by atoms with Crippen LogP contribution in [0.2, 0.25) is 0 Å². The van der Waals surface area contributed by atoms with E-state index in [-0.39, 0.29) is 30.1 Å². The molecule has 1 amide bonds. The number of hydrogen-bond acceptors (Lipinski definition) is 5. The summed E-state index contributed by atoms with van der Waals surface area (Å²) < 4.78 is 1.43. The number of carbonyl (C=O) groups excluding carboxylic acids is 1. The second-order valence-electron chi connectivity index (χ2n) is 6.83. The smallest absolute Gasteiger partial charge is 0.271 e. The molecule has 4 rings (SSSR count). The lowest BCUT2D eigenvalue weighted by molar-refractivity contribution is -0.384. The molecule has 0 saturated heterocycles. The Balaban J connectivity index is 1.55. The summed E-state index contributed by atoms with van der Waals surface area (Å²) >= 11 is 0. The Hall–Kier alpha value is -3.55. The number of carbonyl (C=O) groups is 1. The third kappa shape index (κ3) is 3.02. The van der Waals surface area contributed by atoms with E-state index in [1.165, 1.54) is 23.0 Å². The first-order valence-electron chi connectivity index (χ1n) is 8.98. The average Bonchev–Trinajstić information content (AvgIpc) is 3.11. The minimum absolute atomic E-state index is 0.0382. The summed E-state index contributed by atoms with van der Waals surface area (Å²) in [4.78, 5) is 41.8.